The molecule has 1 atom stereocenters. The number of benzene rings is 2. The van der Waals surface area contributed by atoms with Crippen LogP contribution in [0.3, 0.4) is 0 Å². The van der Waals surface area contributed by atoms with Gasteiger partial charge in [0.05, 0.1) is 11.4 Å². The smallest absolute Gasteiger partial charge is 0.439 e. The second-order valence-corrected chi connectivity index (χ2v) is 8.79. The van der Waals surface area contributed by atoms with Crippen molar-refractivity contribution in [2.45, 2.75) is 26.8 Å². The quantitative estimate of drug-likeness (QED) is 0.329. The van der Waals surface area contributed by atoms with Crippen LogP contribution >= 0.6 is 11.6 Å². The van der Waals surface area contributed by atoms with Crippen LogP contribution in [0.5, 0.6) is 0 Å². The molecule has 0 amide bonds. The monoisotopic (exact) mass is 488 g/mol. The molecule has 176 valence electrons. The molecule has 3 aromatic heterocycles. The van der Waals surface area contributed by atoms with Crippen molar-refractivity contribution in [2.75, 3.05) is 5.32 Å². The molecule has 5 rings (SSSR count). The van der Waals surface area contributed by atoms with Gasteiger partial charge in [-0.2, -0.15) is 0 Å². The molecule has 0 saturated carbocycles. The first-order valence-electron chi connectivity index (χ1n) is 10.9. The van der Waals surface area contributed by atoms with E-state index in [1.807, 2.05) is 32.0 Å². The van der Waals surface area contributed by atoms with Crippen LogP contribution in [0.1, 0.15) is 29.7 Å². The van der Waals surface area contributed by atoms with Crippen molar-refractivity contribution in [3.63, 3.8) is 0 Å². The standard InChI is InChI=1S/C26H21ClN4O4/c1-13-9-18(15(3)29-21-7-6-17(27)11-19(21)25-30-26(33)35-31-25)24-20(10-13)22(32)14(2)23(34-24)16-5-4-8-28-12-16/h4-12,15,29H,1-3H3,(H,30,31,33)/t15-/m1/s1. The highest BCUT2D eigenvalue weighted by Gasteiger charge is 2.20. The van der Waals surface area contributed by atoms with Crippen molar-refractivity contribution >= 4 is 28.3 Å². The van der Waals surface area contributed by atoms with Crippen molar-refractivity contribution in [1.29, 1.82) is 0 Å². The zero-order valence-electron chi connectivity index (χ0n) is 19.2. The number of anilines is 1. The Bertz CT molecular complexity index is 1670. The van der Waals surface area contributed by atoms with Gasteiger partial charge in [0, 0.05) is 45.4 Å². The minimum atomic E-state index is -0.663. The number of nitrogens with zero attached hydrogens (tertiary/aromatic N) is 2. The molecule has 3 heterocycles. The highest BCUT2D eigenvalue weighted by atomic mass is 35.5. The van der Waals surface area contributed by atoms with Crippen LogP contribution < -0.4 is 16.5 Å². The second kappa shape index (κ2) is 8.88. The zero-order valence-corrected chi connectivity index (χ0v) is 19.9. The molecule has 0 saturated heterocycles. The predicted octanol–water partition coefficient (Wildman–Crippen LogP) is 5.64. The third-order valence-corrected chi connectivity index (χ3v) is 6.07. The second-order valence-electron chi connectivity index (χ2n) is 8.36. The topological polar surface area (TPSA) is 114 Å². The number of halogens is 1. The van der Waals surface area contributed by atoms with Gasteiger partial charge in [-0.15, -0.1) is 0 Å². The van der Waals surface area contributed by atoms with Gasteiger partial charge in [0.1, 0.15) is 11.3 Å². The van der Waals surface area contributed by atoms with Crippen LogP contribution in [0, 0.1) is 13.8 Å². The summed E-state index contributed by atoms with van der Waals surface area (Å²) in [5, 5.41) is 8.22. The van der Waals surface area contributed by atoms with Crippen LogP contribution in [0.25, 0.3) is 33.7 Å². The van der Waals surface area contributed by atoms with E-state index in [0.717, 1.165) is 16.7 Å². The van der Waals surface area contributed by atoms with Crippen LogP contribution in [0.4, 0.5) is 5.69 Å². The average Bonchev–Trinajstić information content (AvgIpc) is 3.29. The Morgan fingerprint density at radius 3 is 2.66 bits per heavy atom. The number of aromatic nitrogens is 3. The Balaban J connectivity index is 1.65. The fraction of sp³-hybridized carbons (Fsp3) is 0.154. The number of aryl methyl sites for hydroxylation is 1. The molecule has 0 unspecified atom stereocenters. The van der Waals surface area contributed by atoms with E-state index < -0.39 is 5.76 Å². The Morgan fingerprint density at radius 2 is 1.94 bits per heavy atom. The number of aromatic amines is 1. The highest BCUT2D eigenvalue weighted by molar-refractivity contribution is 6.31. The molecular weight excluding hydrogens is 468 g/mol. The van der Waals surface area contributed by atoms with Crippen molar-refractivity contribution in [3.8, 4) is 22.7 Å². The van der Waals surface area contributed by atoms with Crippen molar-refractivity contribution in [1.82, 2.24) is 15.1 Å². The minimum absolute atomic E-state index is 0.0883. The maximum absolute atomic E-state index is 13.3. The number of fused-ring (bicyclic) bond motifs is 1. The summed E-state index contributed by atoms with van der Waals surface area (Å²) in [6.07, 6.45) is 3.34. The normalized spacial score (nSPS) is 12.1. The van der Waals surface area contributed by atoms with Gasteiger partial charge in [-0.25, -0.2) is 4.79 Å². The molecule has 0 fully saturated rings. The van der Waals surface area contributed by atoms with Gasteiger partial charge in [0.2, 0.25) is 0 Å². The van der Waals surface area contributed by atoms with Crippen LogP contribution in [0.15, 0.2) is 73.4 Å². The summed E-state index contributed by atoms with van der Waals surface area (Å²) >= 11 is 6.20. The number of hydrogen-bond acceptors (Lipinski definition) is 7. The van der Waals surface area contributed by atoms with Crippen LogP contribution in [0.2, 0.25) is 5.02 Å². The largest absolute Gasteiger partial charge is 0.455 e. The molecular formula is C26H21ClN4O4. The number of nitrogens with one attached hydrogen (secondary N) is 2. The molecule has 35 heavy (non-hydrogen) atoms. The summed E-state index contributed by atoms with van der Waals surface area (Å²) in [6.45, 7) is 5.66. The van der Waals surface area contributed by atoms with Crippen molar-refractivity contribution < 1.29 is 8.94 Å². The first-order valence-corrected chi connectivity index (χ1v) is 11.3. The van der Waals surface area contributed by atoms with E-state index in [1.165, 1.54) is 0 Å². The van der Waals surface area contributed by atoms with Crippen LogP contribution in [-0.4, -0.2) is 15.1 Å². The van der Waals surface area contributed by atoms with Crippen molar-refractivity contribution in [2.24, 2.45) is 0 Å². The van der Waals surface area contributed by atoms with Gasteiger partial charge in [-0.3, -0.25) is 19.3 Å². The van der Waals surface area contributed by atoms with E-state index in [1.54, 1.807) is 43.6 Å². The molecule has 0 radical (unpaired) electrons. The molecule has 2 aromatic carbocycles. The predicted molar refractivity (Wildman–Crippen MR) is 135 cm³/mol. The van der Waals surface area contributed by atoms with E-state index in [-0.39, 0.29) is 17.3 Å². The van der Waals surface area contributed by atoms with Gasteiger partial charge in [-0.05, 0) is 62.7 Å². The van der Waals surface area contributed by atoms with E-state index in [0.29, 0.717) is 38.6 Å². The maximum Gasteiger partial charge on any atom is 0.439 e. The molecule has 0 aliphatic carbocycles. The minimum Gasteiger partial charge on any atom is -0.455 e. The summed E-state index contributed by atoms with van der Waals surface area (Å²) in [5.74, 6) is 0.0753. The zero-order chi connectivity index (χ0) is 24.7. The average molecular weight is 489 g/mol. The molecule has 2 N–H and O–H groups in total. The Hall–Kier alpha value is -4.17. The number of rotatable bonds is 5. The van der Waals surface area contributed by atoms with Crippen molar-refractivity contribution in [3.05, 3.63) is 97.3 Å². The number of H-pyrrole nitrogens is 1. The first-order chi connectivity index (χ1) is 16.8. The van der Waals surface area contributed by atoms with Gasteiger partial charge in [0.25, 0.3) is 0 Å². The SMILES string of the molecule is Cc1cc([C@@H](C)Nc2ccc(Cl)cc2-c2noc(=O)[nH]2)c2oc(-c3cccnc3)c(C)c(=O)c2c1. The third-order valence-electron chi connectivity index (χ3n) is 5.83. The molecule has 8 nitrogen and oxygen atoms in total. The van der Waals surface area contributed by atoms with Gasteiger partial charge in [0.15, 0.2) is 11.3 Å². The summed E-state index contributed by atoms with van der Waals surface area (Å²) in [6, 6.07) is 12.4. The molecule has 0 bridgehead atoms. The lowest BCUT2D eigenvalue weighted by Gasteiger charge is -2.20. The lowest BCUT2D eigenvalue weighted by atomic mass is 9.98. The van der Waals surface area contributed by atoms with E-state index in [2.05, 4.69) is 25.0 Å². The summed E-state index contributed by atoms with van der Waals surface area (Å²) in [4.78, 5) is 31.5. The number of hydrogen-bond donors (Lipinski definition) is 2. The Labute approximate surface area is 204 Å². The van der Waals surface area contributed by atoms with Crippen LogP contribution in [-0.2, 0) is 0 Å². The van der Waals surface area contributed by atoms with Gasteiger partial charge < -0.3 is 9.73 Å². The Kier molecular flexibility index (Phi) is 5.74. The molecule has 0 aliphatic heterocycles. The van der Waals surface area contributed by atoms with E-state index in [4.69, 9.17) is 16.0 Å². The van der Waals surface area contributed by atoms with E-state index >= 15 is 0 Å². The Morgan fingerprint density at radius 1 is 1.11 bits per heavy atom. The molecule has 5 aromatic rings. The van der Waals surface area contributed by atoms with E-state index in [9.17, 15) is 9.59 Å². The summed E-state index contributed by atoms with van der Waals surface area (Å²) in [7, 11) is 0. The number of pyridine rings is 1. The first kappa shape index (κ1) is 22.6. The summed E-state index contributed by atoms with van der Waals surface area (Å²) in [5.41, 5.74) is 4.63. The van der Waals surface area contributed by atoms with Gasteiger partial charge in [-0.1, -0.05) is 22.8 Å². The van der Waals surface area contributed by atoms with Gasteiger partial charge >= 0.3 is 5.76 Å². The lowest BCUT2D eigenvalue weighted by molar-refractivity contribution is 0.388. The third kappa shape index (κ3) is 4.24. The lowest BCUT2D eigenvalue weighted by Crippen LogP contribution is -2.13. The fourth-order valence-corrected chi connectivity index (χ4v) is 4.33. The molecule has 0 aliphatic rings. The summed E-state index contributed by atoms with van der Waals surface area (Å²) < 4.78 is 11.0. The fourth-order valence-electron chi connectivity index (χ4n) is 4.16. The molecule has 9 heteroatoms. The molecule has 0 spiro atoms. The highest BCUT2D eigenvalue weighted by Crippen LogP contribution is 2.34. The maximum atomic E-state index is 13.3.